The molecule has 0 saturated carbocycles. The maximum atomic E-state index is 11.2. The Morgan fingerprint density at radius 1 is 1.26 bits per heavy atom. The minimum atomic E-state index is -0.316. The van der Waals surface area contributed by atoms with Crippen LogP contribution in [0.2, 0.25) is 0 Å². The Morgan fingerprint density at radius 2 is 2.05 bits per heavy atom. The van der Waals surface area contributed by atoms with Gasteiger partial charge in [0, 0.05) is 5.56 Å². The Balaban J connectivity index is 1.99. The van der Waals surface area contributed by atoms with Gasteiger partial charge in [0.05, 0.1) is 7.11 Å². The van der Waals surface area contributed by atoms with Crippen LogP contribution in [0.3, 0.4) is 0 Å². The van der Waals surface area contributed by atoms with E-state index in [2.05, 4.69) is 16.6 Å². The molecule has 1 aliphatic rings. The molecule has 0 unspecified atom stereocenters. The van der Waals surface area contributed by atoms with Crippen LogP contribution in [0.5, 0.6) is 0 Å². The van der Waals surface area contributed by atoms with Crippen LogP contribution in [0.15, 0.2) is 54.0 Å². The predicted molar refractivity (Wildman–Crippen MR) is 71.8 cm³/mol. The van der Waals surface area contributed by atoms with Crippen LogP contribution < -0.4 is 0 Å². The highest BCUT2D eigenvalue weighted by molar-refractivity contribution is 5.71. The number of ether oxygens (including phenoxy) is 2. The number of carbonyl (C=O) groups excluding carboxylic acids is 1. The van der Waals surface area contributed by atoms with Crippen LogP contribution >= 0.6 is 0 Å². The molecule has 1 heterocycles. The van der Waals surface area contributed by atoms with Crippen molar-refractivity contribution >= 4 is 5.97 Å². The molecule has 0 aliphatic carbocycles. The quantitative estimate of drug-likeness (QED) is 0.601. The van der Waals surface area contributed by atoms with E-state index in [1.807, 2.05) is 42.5 Å². The SMILES string of the molecule is COC(=O)CC1=CCC=C(C#Cc2ccccc2)O1. The third-order valence-electron chi connectivity index (χ3n) is 2.54. The van der Waals surface area contributed by atoms with E-state index in [9.17, 15) is 4.79 Å². The molecule has 0 radical (unpaired) electrons. The molecule has 0 amide bonds. The van der Waals surface area contributed by atoms with Gasteiger partial charge in [0.1, 0.15) is 12.2 Å². The summed E-state index contributed by atoms with van der Waals surface area (Å²) in [5.74, 6) is 6.82. The molecule has 1 aliphatic heterocycles. The molecule has 3 nitrogen and oxygen atoms in total. The molecule has 0 bridgehead atoms. The molecular weight excluding hydrogens is 240 g/mol. The van der Waals surface area contributed by atoms with Gasteiger partial charge in [-0.05, 0) is 36.6 Å². The van der Waals surface area contributed by atoms with E-state index < -0.39 is 0 Å². The molecule has 3 heteroatoms. The van der Waals surface area contributed by atoms with Crippen LogP contribution in [0.25, 0.3) is 0 Å². The molecule has 0 spiro atoms. The summed E-state index contributed by atoms with van der Waals surface area (Å²) in [4.78, 5) is 11.2. The van der Waals surface area contributed by atoms with Crippen molar-refractivity contribution in [1.29, 1.82) is 0 Å². The molecule has 0 N–H and O–H groups in total. The van der Waals surface area contributed by atoms with E-state index in [1.54, 1.807) is 0 Å². The number of allylic oxidation sites excluding steroid dienone is 3. The Morgan fingerprint density at radius 3 is 2.79 bits per heavy atom. The molecule has 0 atom stereocenters. The van der Waals surface area contributed by atoms with E-state index in [1.165, 1.54) is 7.11 Å². The average molecular weight is 254 g/mol. The second-order valence-electron chi connectivity index (χ2n) is 3.95. The lowest BCUT2D eigenvalue weighted by molar-refractivity contribution is -0.140. The lowest BCUT2D eigenvalue weighted by atomic mass is 10.2. The second kappa shape index (κ2) is 6.46. The van der Waals surface area contributed by atoms with Gasteiger partial charge in [-0.25, -0.2) is 0 Å². The molecule has 19 heavy (non-hydrogen) atoms. The van der Waals surface area contributed by atoms with Crippen molar-refractivity contribution in [2.75, 3.05) is 7.11 Å². The number of hydrogen-bond donors (Lipinski definition) is 0. The maximum absolute atomic E-state index is 11.2. The van der Waals surface area contributed by atoms with E-state index in [0.717, 1.165) is 5.56 Å². The highest BCUT2D eigenvalue weighted by Gasteiger charge is 2.11. The Bertz CT molecular complexity index is 571. The summed E-state index contributed by atoms with van der Waals surface area (Å²) in [5.41, 5.74) is 0.927. The number of carbonyl (C=O) groups is 1. The van der Waals surface area contributed by atoms with Gasteiger partial charge in [0.25, 0.3) is 0 Å². The fourth-order valence-electron chi connectivity index (χ4n) is 1.58. The number of rotatable bonds is 2. The normalized spacial score (nSPS) is 13.3. The van der Waals surface area contributed by atoms with Crippen LogP contribution in [-0.2, 0) is 14.3 Å². The Hall–Kier alpha value is -2.47. The number of benzene rings is 1. The summed E-state index contributed by atoms with van der Waals surface area (Å²) >= 11 is 0. The summed E-state index contributed by atoms with van der Waals surface area (Å²) < 4.78 is 10.1. The zero-order chi connectivity index (χ0) is 13.5. The first-order chi connectivity index (χ1) is 9.28. The van der Waals surface area contributed by atoms with E-state index in [0.29, 0.717) is 17.9 Å². The van der Waals surface area contributed by atoms with Crippen LogP contribution in [0, 0.1) is 11.8 Å². The topological polar surface area (TPSA) is 35.5 Å². The van der Waals surface area contributed by atoms with E-state index in [-0.39, 0.29) is 12.4 Å². The fourth-order valence-corrected chi connectivity index (χ4v) is 1.58. The van der Waals surface area contributed by atoms with Gasteiger partial charge in [0.2, 0.25) is 0 Å². The summed E-state index contributed by atoms with van der Waals surface area (Å²) in [6.07, 6.45) is 4.59. The largest absolute Gasteiger partial charge is 0.469 e. The van der Waals surface area contributed by atoms with Crippen LogP contribution in [0.4, 0.5) is 0 Å². The fraction of sp³-hybridized carbons (Fsp3) is 0.188. The van der Waals surface area contributed by atoms with Gasteiger partial charge >= 0.3 is 5.97 Å². The Kier molecular flexibility index (Phi) is 4.41. The predicted octanol–water partition coefficient (Wildman–Crippen LogP) is 2.79. The van der Waals surface area contributed by atoms with Gasteiger partial charge in [-0.15, -0.1) is 0 Å². The minimum absolute atomic E-state index is 0.140. The minimum Gasteiger partial charge on any atom is -0.469 e. The Labute approximate surface area is 112 Å². The first-order valence-corrected chi connectivity index (χ1v) is 5.99. The van der Waals surface area contributed by atoms with Crippen molar-refractivity contribution in [3.63, 3.8) is 0 Å². The molecule has 0 aromatic heterocycles. The summed E-state index contributed by atoms with van der Waals surface area (Å²) in [7, 11) is 1.36. The van der Waals surface area contributed by atoms with E-state index >= 15 is 0 Å². The lowest BCUT2D eigenvalue weighted by Crippen LogP contribution is -2.06. The third-order valence-corrected chi connectivity index (χ3v) is 2.54. The smallest absolute Gasteiger partial charge is 0.313 e. The maximum Gasteiger partial charge on any atom is 0.313 e. The summed E-state index contributed by atoms with van der Waals surface area (Å²) in [6, 6.07) is 9.67. The molecule has 1 aromatic rings. The highest BCUT2D eigenvalue weighted by Crippen LogP contribution is 2.17. The number of methoxy groups -OCH3 is 1. The lowest BCUT2D eigenvalue weighted by Gasteiger charge is -2.12. The van der Waals surface area contributed by atoms with Crippen molar-refractivity contribution in [2.24, 2.45) is 0 Å². The monoisotopic (exact) mass is 254 g/mol. The standard InChI is InChI=1S/C16H14O3/c1-18-16(17)12-15-9-5-8-14(19-15)11-10-13-6-3-2-4-7-13/h2-4,6-9H,5,12H2,1H3. The van der Waals surface area contributed by atoms with Crippen molar-refractivity contribution in [1.82, 2.24) is 0 Å². The van der Waals surface area contributed by atoms with Gasteiger partial charge in [-0.2, -0.15) is 0 Å². The van der Waals surface area contributed by atoms with Crippen molar-refractivity contribution < 1.29 is 14.3 Å². The molecule has 96 valence electrons. The number of hydrogen-bond acceptors (Lipinski definition) is 3. The third kappa shape index (κ3) is 4.04. The van der Waals surface area contributed by atoms with Crippen molar-refractivity contribution in [3.05, 3.63) is 59.6 Å². The molecule has 2 rings (SSSR count). The van der Waals surface area contributed by atoms with Crippen molar-refractivity contribution in [2.45, 2.75) is 12.8 Å². The first-order valence-electron chi connectivity index (χ1n) is 5.99. The number of esters is 1. The summed E-state index contributed by atoms with van der Waals surface area (Å²) in [5, 5.41) is 0. The van der Waals surface area contributed by atoms with Crippen LogP contribution in [-0.4, -0.2) is 13.1 Å². The van der Waals surface area contributed by atoms with Gasteiger partial charge < -0.3 is 9.47 Å². The van der Waals surface area contributed by atoms with Gasteiger partial charge in [0.15, 0.2) is 5.76 Å². The van der Waals surface area contributed by atoms with Crippen molar-refractivity contribution in [3.8, 4) is 11.8 Å². The van der Waals surface area contributed by atoms with E-state index in [4.69, 9.17) is 4.74 Å². The second-order valence-corrected chi connectivity index (χ2v) is 3.95. The summed E-state index contributed by atoms with van der Waals surface area (Å²) in [6.45, 7) is 0. The molecule has 0 saturated heterocycles. The zero-order valence-electron chi connectivity index (χ0n) is 10.7. The molecule has 1 aromatic carbocycles. The first kappa shape index (κ1) is 13.0. The van der Waals surface area contributed by atoms with Crippen LogP contribution in [0.1, 0.15) is 18.4 Å². The highest BCUT2D eigenvalue weighted by atomic mass is 16.5. The van der Waals surface area contributed by atoms with Gasteiger partial charge in [-0.3, -0.25) is 4.79 Å². The van der Waals surface area contributed by atoms with Gasteiger partial charge in [-0.1, -0.05) is 24.1 Å². The zero-order valence-corrected chi connectivity index (χ0v) is 10.7. The molecule has 0 fully saturated rings. The molecular formula is C16H14O3. The average Bonchev–Trinajstić information content (AvgIpc) is 2.46.